The molecule has 0 amide bonds. The number of esters is 1. The van der Waals surface area contributed by atoms with Crippen LogP contribution in [0.2, 0.25) is 0 Å². The molecule has 4 nitrogen and oxygen atoms in total. The SMILES string of the molecule is CC1(C)OC2C=CC(=O)OC2C(C(F)c2ccccc2)O1. The summed E-state index contributed by atoms with van der Waals surface area (Å²) in [4.78, 5) is 11.4. The van der Waals surface area contributed by atoms with Crippen molar-refractivity contribution >= 4 is 5.97 Å². The minimum atomic E-state index is -1.40. The molecule has 1 aromatic carbocycles. The topological polar surface area (TPSA) is 44.8 Å². The fourth-order valence-electron chi connectivity index (χ4n) is 2.69. The van der Waals surface area contributed by atoms with Crippen molar-refractivity contribution in [1.29, 1.82) is 0 Å². The first-order chi connectivity index (χ1) is 9.96. The number of carbonyl (C=O) groups excluding carboxylic acids is 1. The van der Waals surface area contributed by atoms with Crippen molar-refractivity contribution in [2.75, 3.05) is 0 Å². The van der Waals surface area contributed by atoms with Crippen LogP contribution in [0.25, 0.3) is 0 Å². The number of halogens is 1. The zero-order valence-corrected chi connectivity index (χ0v) is 11.9. The normalized spacial score (nSPS) is 32.1. The summed E-state index contributed by atoms with van der Waals surface area (Å²) in [6.07, 6.45) is -0.693. The van der Waals surface area contributed by atoms with Gasteiger partial charge in [-0.3, -0.25) is 0 Å². The van der Waals surface area contributed by atoms with Crippen LogP contribution in [-0.4, -0.2) is 30.1 Å². The number of carbonyl (C=O) groups is 1. The minimum Gasteiger partial charge on any atom is -0.453 e. The van der Waals surface area contributed by atoms with Crippen molar-refractivity contribution < 1.29 is 23.4 Å². The van der Waals surface area contributed by atoms with Gasteiger partial charge >= 0.3 is 5.97 Å². The molecule has 1 saturated heterocycles. The highest BCUT2D eigenvalue weighted by Crippen LogP contribution is 2.38. The molecule has 0 bridgehead atoms. The molecule has 0 spiro atoms. The Morgan fingerprint density at radius 3 is 2.62 bits per heavy atom. The number of hydrogen-bond acceptors (Lipinski definition) is 4. The number of benzene rings is 1. The third-order valence-electron chi connectivity index (χ3n) is 3.57. The van der Waals surface area contributed by atoms with Gasteiger partial charge in [0.2, 0.25) is 0 Å². The molecule has 1 aromatic rings. The third kappa shape index (κ3) is 2.84. The molecule has 112 valence electrons. The van der Waals surface area contributed by atoms with Gasteiger partial charge in [0.15, 0.2) is 18.1 Å². The summed E-state index contributed by atoms with van der Waals surface area (Å²) < 4.78 is 31.5. The van der Waals surface area contributed by atoms with E-state index < -0.39 is 36.2 Å². The number of ether oxygens (including phenoxy) is 3. The van der Waals surface area contributed by atoms with Gasteiger partial charge in [0, 0.05) is 6.08 Å². The van der Waals surface area contributed by atoms with Gasteiger partial charge in [-0.25, -0.2) is 9.18 Å². The van der Waals surface area contributed by atoms with Crippen LogP contribution in [0.5, 0.6) is 0 Å². The van der Waals surface area contributed by atoms with Gasteiger partial charge in [0.25, 0.3) is 0 Å². The largest absolute Gasteiger partial charge is 0.453 e. The van der Waals surface area contributed by atoms with Gasteiger partial charge < -0.3 is 14.2 Å². The molecule has 21 heavy (non-hydrogen) atoms. The first-order valence-corrected chi connectivity index (χ1v) is 6.90. The Morgan fingerprint density at radius 1 is 1.19 bits per heavy atom. The van der Waals surface area contributed by atoms with Crippen LogP contribution < -0.4 is 0 Å². The monoisotopic (exact) mass is 292 g/mol. The van der Waals surface area contributed by atoms with Gasteiger partial charge in [0.1, 0.15) is 12.2 Å². The van der Waals surface area contributed by atoms with Gasteiger partial charge in [-0.15, -0.1) is 0 Å². The van der Waals surface area contributed by atoms with E-state index in [1.165, 1.54) is 6.08 Å². The highest BCUT2D eigenvalue weighted by atomic mass is 19.1. The molecule has 2 aliphatic rings. The number of fused-ring (bicyclic) bond motifs is 1. The van der Waals surface area contributed by atoms with Crippen LogP contribution in [0, 0.1) is 0 Å². The summed E-state index contributed by atoms with van der Waals surface area (Å²) >= 11 is 0. The van der Waals surface area contributed by atoms with Crippen molar-refractivity contribution in [2.24, 2.45) is 0 Å². The number of hydrogen-bond donors (Lipinski definition) is 0. The Kier molecular flexibility index (Phi) is 3.55. The van der Waals surface area contributed by atoms with Crippen molar-refractivity contribution in [3.8, 4) is 0 Å². The van der Waals surface area contributed by atoms with E-state index in [1.807, 2.05) is 6.07 Å². The lowest BCUT2D eigenvalue weighted by Crippen LogP contribution is -2.57. The second-order valence-electron chi connectivity index (χ2n) is 5.64. The van der Waals surface area contributed by atoms with Crippen molar-refractivity contribution in [3.05, 3.63) is 48.0 Å². The van der Waals surface area contributed by atoms with Gasteiger partial charge in [-0.1, -0.05) is 30.3 Å². The molecule has 0 N–H and O–H groups in total. The number of rotatable bonds is 2. The summed E-state index contributed by atoms with van der Waals surface area (Å²) in [5, 5.41) is 0. The van der Waals surface area contributed by atoms with Gasteiger partial charge in [0.05, 0.1) is 0 Å². The van der Waals surface area contributed by atoms with E-state index in [9.17, 15) is 9.18 Å². The summed E-state index contributed by atoms with van der Waals surface area (Å²) in [5.74, 6) is -1.45. The van der Waals surface area contributed by atoms with Gasteiger partial charge in [-0.2, -0.15) is 0 Å². The van der Waals surface area contributed by atoms with E-state index in [0.717, 1.165) is 0 Å². The first kappa shape index (κ1) is 14.2. The molecule has 0 aromatic heterocycles. The van der Waals surface area contributed by atoms with E-state index in [4.69, 9.17) is 14.2 Å². The molecule has 0 aliphatic carbocycles. The average molecular weight is 292 g/mol. The lowest BCUT2D eigenvalue weighted by molar-refractivity contribution is -0.334. The minimum absolute atomic E-state index is 0.490. The molecule has 2 heterocycles. The predicted molar refractivity (Wildman–Crippen MR) is 73.1 cm³/mol. The Bertz CT molecular complexity index is 555. The summed E-state index contributed by atoms with van der Waals surface area (Å²) in [6.45, 7) is 3.44. The maximum absolute atomic E-state index is 14.9. The second-order valence-corrected chi connectivity index (χ2v) is 5.64. The lowest BCUT2D eigenvalue weighted by atomic mass is 9.95. The van der Waals surface area contributed by atoms with E-state index in [0.29, 0.717) is 5.56 Å². The fourth-order valence-corrected chi connectivity index (χ4v) is 2.69. The van der Waals surface area contributed by atoms with Crippen LogP contribution >= 0.6 is 0 Å². The number of alkyl halides is 1. The maximum Gasteiger partial charge on any atom is 0.330 e. The molecule has 5 heteroatoms. The summed E-state index contributed by atoms with van der Waals surface area (Å²) in [6, 6.07) is 8.71. The standard InChI is InChI=1S/C16H17FO4/c1-16(2)20-11-8-9-12(18)19-14(11)15(21-16)13(17)10-6-4-3-5-7-10/h3-9,11,13-15H,1-2H3. The molecule has 0 saturated carbocycles. The lowest BCUT2D eigenvalue weighted by Gasteiger charge is -2.46. The first-order valence-electron chi connectivity index (χ1n) is 6.90. The molecule has 4 unspecified atom stereocenters. The zero-order chi connectivity index (χ0) is 15.0. The molecule has 0 radical (unpaired) electrons. The van der Waals surface area contributed by atoms with Crippen LogP contribution in [0.15, 0.2) is 42.5 Å². The quantitative estimate of drug-likeness (QED) is 0.786. The Labute approximate surface area is 122 Å². The summed E-state index contributed by atoms with van der Waals surface area (Å²) in [5.41, 5.74) is 0.490. The van der Waals surface area contributed by atoms with E-state index in [1.54, 1.807) is 44.2 Å². The molecular weight excluding hydrogens is 275 g/mol. The Morgan fingerprint density at radius 2 is 1.90 bits per heavy atom. The van der Waals surface area contributed by atoms with Gasteiger partial charge in [-0.05, 0) is 25.5 Å². The Hall–Kier alpha value is -1.72. The van der Waals surface area contributed by atoms with E-state index in [-0.39, 0.29) is 0 Å². The Balaban J connectivity index is 1.91. The highest BCUT2D eigenvalue weighted by molar-refractivity contribution is 5.83. The zero-order valence-electron chi connectivity index (χ0n) is 11.9. The van der Waals surface area contributed by atoms with E-state index >= 15 is 0 Å². The predicted octanol–water partition coefficient (Wildman–Crippen LogP) is 2.70. The molecular formula is C16H17FO4. The van der Waals surface area contributed by atoms with Crippen LogP contribution in [-0.2, 0) is 19.0 Å². The smallest absolute Gasteiger partial charge is 0.330 e. The third-order valence-corrected chi connectivity index (χ3v) is 3.57. The average Bonchev–Trinajstić information content (AvgIpc) is 2.46. The molecule has 2 aliphatic heterocycles. The molecule has 3 rings (SSSR count). The fraction of sp³-hybridized carbons (Fsp3) is 0.438. The van der Waals surface area contributed by atoms with Crippen LogP contribution in [0.4, 0.5) is 4.39 Å². The van der Waals surface area contributed by atoms with Crippen molar-refractivity contribution in [3.63, 3.8) is 0 Å². The van der Waals surface area contributed by atoms with Crippen molar-refractivity contribution in [1.82, 2.24) is 0 Å². The van der Waals surface area contributed by atoms with Crippen LogP contribution in [0.1, 0.15) is 25.6 Å². The highest BCUT2D eigenvalue weighted by Gasteiger charge is 2.49. The summed E-state index contributed by atoms with van der Waals surface area (Å²) in [7, 11) is 0. The molecule has 1 fully saturated rings. The van der Waals surface area contributed by atoms with Crippen LogP contribution in [0.3, 0.4) is 0 Å². The second kappa shape index (κ2) is 5.24. The van der Waals surface area contributed by atoms with E-state index in [2.05, 4.69) is 0 Å². The maximum atomic E-state index is 14.9. The van der Waals surface area contributed by atoms with Crippen molar-refractivity contribution in [2.45, 2.75) is 44.1 Å². The molecule has 4 atom stereocenters.